The second-order valence-electron chi connectivity index (χ2n) is 6.95. The Labute approximate surface area is 195 Å². The molecule has 8 heteroatoms. The number of aromatic nitrogens is 3. The van der Waals surface area contributed by atoms with Gasteiger partial charge in [0.25, 0.3) is 0 Å². The first kappa shape index (κ1) is 23.9. The molecule has 3 aromatic rings. The minimum Gasteiger partial charge on any atom is -0.497 e. The van der Waals surface area contributed by atoms with Crippen LogP contribution in [0.1, 0.15) is 37.6 Å². The molecule has 1 aromatic carbocycles. The molecule has 0 aliphatic rings. The molecule has 1 unspecified atom stereocenters. The normalized spacial score (nSPS) is 12.3. The Kier molecular flexibility index (Phi) is 9.85. The standard InChI is InChI=1S/C22H30N6O.HI/c1-4-23-22(24-14-12-17(2)18-8-10-19(29-3)11-9-18)25-15-13-21-27-26-20-7-5-6-16-28(20)21;/h5-11,16-17H,4,12-15H2,1-3H3,(H2,23,24,25);1H. The molecular weight excluding hydrogens is 491 g/mol. The number of halogens is 1. The van der Waals surface area contributed by atoms with Crippen LogP contribution < -0.4 is 15.4 Å². The molecule has 0 saturated heterocycles. The average molecular weight is 522 g/mol. The number of nitrogens with zero attached hydrogens (tertiary/aromatic N) is 4. The first-order valence-electron chi connectivity index (χ1n) is 10.2. The van der Waals surface area contributed by atoms with Gasteiger partial charge in [-0.3, -0.25) is 9.39 Å². The second kappa shape index (κ2) is 12.4. The van der Waals surface area contributed by atoms with Gasteiger partial charge in [0.1, 0.15) is 11.6 Å². The predicted molar refractivity (Wildman–Crippen MR) is 132 cm³/mol. The van der Waals surface area contributed by atoms with Crippen LogP contribution in [0.5, 0.6) is 5.75 Å². The van der Waals surface area contributed by atoms with Gasteiger partial charge in [0.05, 0.1) is 7.11 Å². The molecule has 0 aliphatic carbocycles. The molecule has 162 valence electrons. The molecule has 0 spiro atoms. The molecule has 7 nitrogen and oxygen atoms in total. The lowest BCUT2D eigenvalue weighted by molar-refractivity contribution is 0.414. The number of rotatable bonds is 9. The van der Waals surface area contributed by atoms with Crippen molar-refractivity contribution in [3.63, 3.8) is 0 Å². The molecule has 0 radical (unpaired) electrons. The number of fused-ring (bicyclic) bond motifs is 1. The van der Waals surface area contributed by atoms with Crippen LogP contribution in [0.2, 0.25) is 0 Å². The zero-order valence-electron chi connectivity index (χ0n) is 17.8. The van der Waals surface area contributed by atoms with Crippen molar-refractivity contribution in [3.05, 3.63) is 60.0 Å². The molecule has 2 aromatic heterocycles. The van der Waals surface area contributed by atoms with Gasteiger partial charge < -0.3 is 15.4 Å². The summed E-state index contributed by atoms with van der Waals surface area (Å²) in [6.07, 6.45) is 3.75. The SMILES string of the molecule is CCNC(=NCCC(C)c1ccc(OC)cc1)NCCc1nnc2ccccn12.I. The van der Waals surface area contributed by atoms with Crippen LogP contribution in [0, 0.1) is 0 Å². The Bertz CT molecular complexity index is 925. The Morgan fingerprint density at radius 3 is 2.67 bits per heavy atom. The first-order valence-corrected chi connectivity index (χ1v) is 10.2. The number of ether oxygens (including phenoxy) is 1. The number of guanidine groups is 1. The van der Waals surface area contributed by atoms with E-state index in [1.807, 2.05) is 40.9 Å². The molecule has 0 bridgehead atoms. The molecule has 2 heterocycles. The van der Waals surface area contributed by atoms with Gasteiger partial charge in [-0.25, -0.2) is 0 Å². The molecule has 1 atom stereocenters. The lowest BCUT2D eigenvalue weighted by atomic mass is 9.98. The lowest BCUT2D eigenvalue weighted by Crippen LogP contribution is -2.38. The molecule has 0 fully saturated rings. The highest BCUT2D eigenvalue weighted by Crippen LogP contribution is 2.21. The highest BCUT2D eigenvalue weighted by atomic mass is 127. The number of pyridine rings is 1. The summed E-state index contributed by atoms with van der Waals surface area (Å²) in [5.41, 5.74) is 2.17. The third-order valence-electron chi connectivity index (χ3n) is 4.89. The Balaban J connectivity index is 0.00000320. The fourth-order valence-corrected chi connectivity index (χ4v) is 3.16. The maximum Gasteiger partial charge on any atom is 0.191 e. The largest absolute Gasteiger partial charge is 0.497 e. The number of hydrogen-bond acceptors (Lipinski definition) is 4. The maximum absolute atomic E-state index is 5.23. The van der Waals surface area contributed by atoms with E-state index < -0.39 is 0 Å². The zero-order chi connectivity index (χ0) is 20.5. The van der Waals surface area contributed by atoms with Crippen LogP contribution in [-0.4, -0.2) is 47.3 Å². The fraction of sp³-hybridized carbons (Fsp3) is 0.409. The number of nitrogens with one attached hydrogen (secondary N) is 2. The number of methoxy groups -OCH3 is 1. The fourth-order valence-electron chi connectivity index (χ4n) is 3.16. The third kappa shape index (κ3) is 6.58. The molecule has 3 rings (SSSR count). The van der Waals surface area contributed by atoms with Crippen LogP contribution >= 0.6 is 24.0 Å². The number of benzene rings is 1. The van der Waals surface area contributed by atoms with E-state index in [0.717, 1.165) is 55.7 Å². The van der Waals surface area contributed by atoms with Crippen LogP contribution in [0.4, 0.5) is 0 Å². The summed E-state index contributed by atoms with van der Waals surface area (Å²) in [6.45, 7) is 6.64. The van der Waals surface area contributed by atoms with Crippen molar-refractivity contribution in [1.82, 2.24) is 25.2 Å². The topological polar surface area (TPSA) is 75.8 Å². The van der Waals surface area contributed by atoms with E-state index >= 15 is 0 Å². The van der Waals surface area contributed by atoms with Gasteiger partial charge >= 0.3 is 0 Å². The van der Waals surface area contributed by atoms with Crippen LogP contribution in [0.15, 0.2) is 53.7 Å². The summed E-state index contributed by atoms with van der Waals surface area (Å²) in [6, 6.07) is 14.2. The van der Waals surface area contributed by atoms with Crippen molar-refractivity contribution in [2.24, 2.45) is 4.99 Å². The van der Waals surface area contributed by atoms with Gasteiger partial charge in [-0.15, -0.1) is 34.2 Å². The van der Waals surface area contributed by atoms with Crippen LogP contribution in [0.25, 0.3) is 5.65 Å². The van der Waals surface area contributed by atoms with E-state index in [0.29, 0.717) is 5.92 Å². The van der Waals surface area contributed by atoms with Crippen LogP contribution in [-0.2, 0) is 6.42 Å². The van der Waals surface area contributed by atoms with E-state index in [1.54, 1.807) is 7.11 Å². The molecule has 0 saturated carbocycles. The summed E-state index contributed by atoms with van der Waals surface area (Å²) in [5.74, 6) is 3.10. The van der Waals surface area contributed by atoms with E-state index in [9.17, 15) is 0 Å². The molecule has 2 N–H and O–H groups in total. The van der Waals surface area contributed by atoms with E-state index in [4.69, 9.17) is 9.73 Å². The number of hydrogen-bond donors (Lipinski definition) is 2. The van der Waals surface area contributed by atoms with Crippen molar-refractivity contribution in [2.75, 3.05) is 26.7 Å². The maximum atomic E-state index is 5.23. The summed E-state index contributed by atoms with van der Waals surface area (Å²) < 4.78 is 7.24. The van der Waals surface area contributed by atoms with Gasteiger partial charge in [0.2, 0.25) is 0 Å². The molecular formula is C22H31IN6O. The second-order valence-corrected chi connectivity index (χ2v) is 6.95. The summed E-state index contributed by atoms with van der Waals surface area (Å²) in [7, 11) is 1.69. The van der Waals surface area contributed by atoms with Crippen molar-refractivity contribution in [1.29, 1.82) is 0 Å². The highest BCUT2D eigenvalue weighted by Gasteiger charge is 2.07. The van der Waals surface area contributed by atoms with Gasteiger partial charge in [-0.2, -0.15) is 0 Å². The quantitative estimate of drug-likeness (QED) is 0.255. The summed E-state index contributed by atoms with van der Waals surface area (Å²) in [4.78, 5) is 4.72. The number of aliphatic imine (C=N–C) groups is 1. The van der Waals surface area contributed by atoms with Gasteiger partial charge in [0, 0.05) is 32.3 Å². The zero-order valence-corrected chi connectivity index (χ0v) is 20.2. The Morgan fingerprint density at radius 1 is 1.13 bits per heavy atom. The average Bonchev–Trinajstić information content (AvgIpc) is 3.17. The predicted octanol–water partition coefficient (Wildman–Crippen LogP) is 3.65. The van der Waals surface area contributed by atoms with Crippen molar-refractivity contribution in [2.45, 2.75) is 32.6 Å². The van der Waals surface area contributed by atoms with Crippen molar-refractivity contribution < 1.29 is 4.74 Å². The van der Waals surface area contributed by atoms with E-state index in [2.05, 4.69) is 46.8 Å². The van der Waals surface area contributed by atoms with Gasteiger partial charge in [0.15, 0.2) is 11.6 Å². The monoisotopic (exact) mass is 522 g/mol. The molecule has 0 aliphatic heterocycles. The first-order chi connectivity index (χ1) is 14.2. The Morgan fingerprint density at radius 2 is 1.93 bits per heavy atom. The third-order valence-corrected chi connectivity index (χ3v) is 4.89. The Hall–Kier alpha value is -2.36. The minimum absolute atomic E-state index is 0. The van der Waals surface area contributed by atoms with E-state index in [1.165, 1.54) is 5.56 Å². The smallest absolute Gasteiger partial charge is 0.191 e. The van der Waals surface area contributed by atoms with E-state index in [-0.39, 0.29) is 24.0 Å². The minimum atomic E-state index is 0. The summed E-state index contributed by atoms with van der Waals surface area (Å²) >= 11 is 0. The molecule has 30 heavy (non-hydrogen) atoms. The van der Waals surface area contributed by atoms with Crippen LogP contribution in [0.3, 0.4) is 0 Å². The highest BCUT2D eigenvalue weighted by molar-refractivity contribution is 14.0. The van der Waals surface area contributed by atoms with Gasteiger partial charge in [-0.05, 0) is 49.1 Å². The summed E-state index contributed by atoms with van der Waals surface area (Å²) in [5, 5.41) is 15.2. The molecule has 0 amide bonds. The lowest BCUT2D eigenvalue weighted by Gasteiger charge is -2.13. The van der Waals surface area contributed by atoms with Gasteiger partial charge in [-0.1, -0.05) is 25.1 Å². The van der Waals surface area contributed by atoms with Crippen molar-refractivity contribution in [3.8, 4) is 5.75 Å². The van der Waals surface area contributed by atoms with Crippen molar-refractivity contribution >= 4 is 35.6 Å².